The third-order valence-electron chi connectivity index (χ3n) is 4.47. The first kappa shape index (κ1) is 15.3. The molecule has 1 aliphatic rings. The molecule has 3 rings (SSSR count). The summed E-state index contributed by atoms with van der Waals surface area (Å²) >= 11 is 0. The molecule has 22 heavy (non-hydrogen) atoms. The second-order valence-electron chi connectivity index (χ2n) is 6.09. The van der Waals surface area contributed by atoms with Gasteiger partial charge in [0.25, 0.3) is 0 Å². The Morgan fingerprint density at radius 1 is 0.909 bits per heavy atom. The van der Waals surface area contributed by atoms with Gasteiger partial charge in [-0.05, 0) is 23.1 Å². The average molecular weight is 294 g/mol. The van der Waals surface area contributed by atoms with E-state index >= 15 is 0 Å². The monoisotopic (exact) mass is 294 g/mol. The van der Waals surface area contributed by atoms with Crippen LogP contribution in [0.5, 0.6) is 0 Å². The zero-order valence-corrected chi connectivity index (χ0v) is 13.5. The van der Waals surface area contributed by atoms with E-state index in [1.54, 1.807) is 0 Å². The predicted octanol–water partition coefficient (Wildman–Crippen LogP) is 3.63. The molecule has 1 aliphatic heterocycles. The fourth-order valence-electron chi connectivity index (χ4n) is 3.35. The van der Waals surface area contributed by atoms with E-state index in [9.17, 15) is 0 Å². The molecule has 0 unspecified atom stereocenters. The van der Waals surface area contributed by atoms with Crippen LogP contribution in [-0.2, 0) is 6.42 Å². The molecular formula is C20H26N2. The molecule has 2 nitrogen and oxygen atoms in total. The Morgan fingerprint density at radius 2 is 1.55 bits per heavy atom. The van der Waals surface area contributed by atoms with Gasteiger partial charge in [-0.15, -0.1) is 0 Å². The lowest BCUT2D eigenvalue weighted by atomic mass is 9.95. The van der Waals surface area contributed by atoms with Crippen LogP contribution < -0.4 is 5.32 Å². The lowest BCUT2D eigenvalue weighted by Gasteiger charge is -2.35. The van der Waals surface area contributed by atoms with Gasteiger partial charge in [-0.25, -0.2) is 0 Å². The second-order valence-corrected chi connectivity index (χ2v) is 6.09. The van der Waals surface area contributed by atoms with E-state index in [1.165, 1.54) is 29.5 Å². The normalized spacial score (nSPS) is 17.3. The smallest absolute Gasteiger partial charge is 0.0602 e. The van der Waals surface area contributed by atoms with E-state index in [-0.39, 0.29) is 0 Å². The number of hydrogen-bond acceptors (Lipinski definition) is 2. The number of aryl methyl sites for hydroxylation is 1. The molecule has 0 bridgehead atoms. The summed E-state index contributed by atoms with van der Waals surface area (Å²) in [7, 11) is 0. The number of hydrogen-bond donors (Lipinski definition) is 1. The molecule has 0 saturated carbocycles. The Hall–Kier alpha value is -1.64. The number of nitrogens with zero attached hydrogens (tertiary/aromatic N) is 1. The highest BCUT2D eigenvalue weighted by molar-refractivity contribution is 5.34. The molecule has 1 N–H and O–H groups in total. The summed E-state index contributed by atoms with van der Waals surface area (Å²) in [4.78, 5) is 2.60. The van der Waals surface area contributed by atoms with Crippen molar-refractivity contribution in [1.29, 1.82) is 0 Å². The maximum atomic E-state index is 3.46. The first-order valence-electron chi connectivity index (χ1n) is 8.47. The molecule has 2 heteroatoms. The van der Waals surface area contributed by atoms with Crippen molar-refractivity contribution in [2.24, 2.45) is 0 Å². The second kappa shape index (κ2) is 7.57. The molecule has 116 valence electrons. The third-order valence-corrected chi connectivity index (χ3v) is 4.47. The summed E-state index contributed by atoms with van der Waals surface area (Å²) in [6.07, 6.45) is 2.38. The van der Waals surface area contributed by atoms with Crippen LogP contribution in [0.25, 0.3) is 0 Å². The molecule has 1 atom stereocenters. The molecule has 0 amide bonds. The molecule has 1 saturated heterocycles. The highest BCUT2D eigenvalue weighted by Gasteiger charge is 2.23. The maximum absolute atomic E-state index is 3.46. The standard InChI is InChI=1S/C20H26N2/c1-2-6-17-9-11-19(12-10-17)20(18-7-4-3-5-8-18)22-15-13-21-14-16-22/h3-5,7-12,20-21H,2,6,13-16H2,1H3/t20-/m1/s1. The summed E-state index contributed by atoms with van der Waals surface area (Å²) in [6.45, 7) is 6.61. The summed E-state index contributed by atoms with van der Waals surface area (Å²) in [5, 5.41) is 3.46. The van der Waals surface area contributed by atoms with Crippen LogP contribution in [0.1, 0.15) is 36.1 Å². The third kappa shape index (κ3) is 3.57. The minimum absolute atomic E-state index is 0.374. The van der Waals surface area contributed by atoms with Crippen LogP contribution in [0.4, 0.5) is 0 Å². The average Bonchev–Trinajstić information content (AvgIpc) is 2.59. The van der Waals surface area contributed by atoms with E-state index < -0.39 is 0 Å². The number of rotatable bonds is 5. The highest BCUT2D eigenvalue weighted by atomic mass is 15.2. The van der Waals surface area contributed by atoms with Crippen LogP contribution in [-0.4, -0.2) is 31.1 Å². The Balaban J connectivity index is 1.90. The van der Waals surface area contributed by atoms with Gasteiger partial charge >= 0.3 is 0 Å². The van der Waals surface area contributed by atoms with Crippen molar-refractivity contribution in [2.45, 2.75) is 25.8 Å². The van der Waals surface area contributed by atoms with Gasteiger partial charge in [0.2, 0.25) is 0 Å². The van der Waals surface area contributed by atoms with Crippen molar-refractivity contribution >= 4 is 0 Å². The van der Waals surface area contributed by atoms with Crippen LogP contribution in [0.3, 0.4) is 0 Å². The Kier molecular flexibility index (Phi) is 5.25. The number of nitrogens with one attached hydrogen (secondary N) is 1. The minimum atomic E-state index is 0.374. The summed E-state index contributed by atoms with van der Waals surface area (Å²) in [5.41, 5.74) is 4.25. The Morgan fingerprint density at radius 3 is 2.18 bits per heavy atom. The van der Waals surface area contributed by atoms with Crippen molar-refractivity contribution in [3.05, 3.63) is 71.3 Å². The molecule has 0 aromatic heterocycles. The summed E-state index contributed by atoms with van der Waals surface area (Å²) < 4.78 is 0. The van der Waals surface area contributed by atoms with Crippen molar-refractivity contribution in [3.63, 3.8) is 0 Å². The Labute approximate surface area is 134 Å². The molecule has 1 fully saturated rings. The van der Waals surface area contributed by atoms with Crippen LogP contribution in [0, 0.1) is 0 Å². The van der Waals surface area contributed by atoms with Crippen molar-refractivity contribution < 1.29 is 0 Å². The van der Waals surface area contributed by atoms with Crippen molar-refractivity contribution in [2.75, 3.05) is 26.2 Å². The quantitative estimate of drug-likeness (QED) is 0.906. The zero-order valence-electron chi connectivity index (χ0n) is 13.5. The van der Waals surface area contributed by atoms with Crippen LogP contribution in [0.15, 0.2) is 54.6 Å². The summed E-state index contributed by atoms with van der Waals surface area (Å²) in [6, 6.07) is 20.5. The molecule has 2 aromatic carbocycles. The minimum Gasteiger partial charge on any atom is -0.314 e. The van der Waals surface area contributed by atoms with Gasteiger partial charge in [0.15, 0.2) is 0 Å². The van der Waals surface area contributed by atoms with Gasteiger partial charge in [0.1, 0.15) is 0 Å². The first-order valence-corrected chi connectivity index (χ1v) is 8.47. The molecule has 2 aromatic rings. The first-order chi connectivity index (χ1) is 10.9. The van der Waals surface area contributed by atoms with Crippen molar-refractivity contribution in [3.8, 4) is 0 Å². The van der Waals surface area contributed by atoms with Crippen LogP contribution >= 0.6 is 0 Å². The molecule has 0 radical (unpaired) electrons. The molecule has 0 spiro atoms. The van der Waals surface area contributed by atoms with E-state index in [0.717, 1.165) is 26.2 Å². The van der Waals surface area contributed by atoms with Gasteiger partial charge < -0.3 is 5.32 Å². The van der Waals surface area contributed by atoms with E-state index in [4.69, 9.17) is 0 Å². The van der Waals surface area contributed by atoms with Crippen molar-refractivity contribution in [1.82, 2.24) is 10.2 Å². The lowest BCUT2D eigenvalue weighted by Crippen LogP contribution is -2.45. The summed E-state index contributed by atoms with van der Waals surface area (Å²) in [5.74, 6) is 0. The number of piperazine rings is 1. The van der Waals surface area contributed by atoms with E-state index in [2.05, 4.69) is 71.7 Å². The zero-order chi connectivity index (χ0) is 15.2. The lowest BCUT2D eigenvalue weighted by molar-refractivity contribution is 0.198. The fraction of sp³-hybridized carbons (Fsp3) is 0.400. The maximum Gasteiger partial charge on any atom is 0.0602 e. The molecular weight excluding hydrogens is 268 g/mol. The fourth-order valence-corrected chi connectivity index (χ4v) is 3.35. The van der Waals surface area contributed by atoms with E-state index in [0.29, 0.717) is 6.04 Å². The highest BCUT2D eigenvalue weighted by Crippen LogP contribution is 2.29. The topological polar surface area (TPSA) is 15.3 Å². The largest absolute Gasteiger partial charge is 0.314 e. The van der Waals surface area contributed by atoms with E-state index in [1.807, 2.05) is 0 Å². The predicted molar refractivity (Wildman–Crippen MR) is 93.2 cm³/mol. The molecule has 1 heterocycles. The molecule has 0 aliphatic carbocycles. The van der Waals surface area contributed by atoms with Gasteiger partial charge in [0, 0.05) is 26.2 Å². The van der Waals surface area contributed by atoms with Gasteiger partial charge in [0.05, 0.1) is 6.04 Å². The SMILES string of the molecule is CCCc1ccc([C@@H](c2ccccc2)N2CCNCC2)cc1. The van der Waals surface area contributed by atoms with Gasteiger partial charge in [-0.1, -0.05) is 67.9 Å². The van der Waals surface area contributed by atoms with Crippen LogP contribution in [0.2, 0.25) is 0 Å². The van der Waals surface area contributed by atoms with Gasteiger partial charge in [-0.3, -0.25) is 4.90 Å². The number of benzene rings is 2. The van der Waals surface area contributed by atoms with Gasteiger partial charge in [-0.2, -0.15) is 0 Å². The Bertz CT molecular complexity index is 556.